The van der Waals surface area contributed by atoms with Crippen molar-refractivity contribution in [2.45, 2.75) is 6.92 Å². The maximum Gasteiger partial charge on any atom is 0.338 e. The second kappa shape index (κ2) is 5.42. The summed E-state index contributed by atoms with van der Waals surface area (Å²) in [5.41, 5.74) is 1.69. The zero-order chi connectivity index (χ0) is 15.9. The van der Waals surface area contributed by atoms with Crippen LogP contribution >= 0.6 is 15.9 Å². The number of aromatic carboxylic acids is 1. The first-order chi connectivity index (χ1) is 10.5. The molecule has 0 aliphatic heterocycles. The van der Waals surface area contributed by atoms with Crippen LogP contribution in [-0.4, -0.2) is 21.6 Å². The number of hydrogen-bond donors (Lipinski definition) is 1. The quantitative estimate of drug-likeness (QED) is 0.750. The molecule has 0 saturated heterocycles. The number of carbonyl (C=O) groups excluding carboxylic acids is 1. The van der Waals surface area contributed by atoms with Crippen molar-refractivity contribution < 1.29 is 14.7 Å². The summed E-state index contributed by atoms with van der Waals surface area (Å²) in [5, 5.41) is 10.0. The third-order valence-corrected chi connectivity index (χ3v) is 4.09. The molecule has 0 radical (unpaired) electrons. The molecule has 1 N–H and O–H groups in total. The summed E-state index contributed by atoms with van der Waals surface area (Å²) >= 11 is 3.34. The minimum absolute atomic E-state index is 0.166. The number of para-hydroxylation sites is 1. The van der Waals surface area contributed by atoms with E-state index in [1.54, 1.807) is 49.4 Å². The molecule has 0 saturated carbocycles. The van der Waals surface area contributed by atoms with Crippen LogP contribution in [0.4, 0.5) is 0 Å². The number of carboxylic acid groups (broad SMARTS) is 1. The lowest BCUT2D eigenvalue weighted by Gasteiger charge is -2.07. The van der Waals surface area contributed by atoms with Crippen LogP contribution in [0.15, 0.2) is 53.0 Å². The Morgan fingerprint density at radius 1 is 1.09 bits per heavy atom. The summed E-state index contributed by atoms with van der Waals surface area (Å²) < 4.78 is 2.26. The topological polar surface area (TPSA) is 59.3 Å². The molecule has 0 spiro atoms. The predicted molar refractivity (Wildman–Crippen MR) is 87.5 cm³/mol. The molecular formula is C17H12BrNO3. The first kappa shape index (κ1) is 14.5. The average molecular weight is 358 g/mol. The number of carbonyl (C=O) groups is 2. The van der Waals surface area contributed by atoms with Gasteiger partial charge in [-0.05, 0) is 31.2 Å². The van der Waals surface area contributed by atoms with Gasteiger partial charge in [-0.25, -0.2) is 4.79 Å². The van der Waals surface area contributed by atoms with Gasteiger partial charge in [0.05, 0.1) is 11.1 Å². The highest BCUT2D eigenvalue weighted by molar-refractivity contribution is 9.10. The lowest BCUT2D eigenvalue weighted by molar-refractivity contribution is 0.0698. The van der Waals surface area contributed by atoms with Gasteiger partial charge >= 0.3 is 5.97 Å². The molecule has 0 atom stereocenters. The summed E-state index contributed by atoms with van der Waals surface area (Å²) in [6.07, 6.45) is 0. The number of carboxylic acids is 1. The van der Waals surface area contributed by atoms with Crippen LogP contribution in [0.5, 0.6) is 0 Å². The third kappa shape index (κ3) is 2.23. The van der Waals surface area contributed by atoms with Crippen molar-refractivity contribution in [2.75, 3.05) is 0 Å². The lowest BCUT2D eigenvalue weighted by Crippen LogP contribution is -2.14. The highest BCUT2D eigenvalue weighted by atomic mass is 79.9. The van der Waals surface area contributed by atoms with E-state index < -0.39 is 5.97 Å². The molecule has 0 unspecified atom stereocenters. The van der Waals surface area contributed by atoms with Gasteiger partial charge in [-0.15, -0.1) is 0 Å². The maximum absolute atomic E-state index is 12.8. The Kier molecular flexibility index (Phi) is 3.58. The van der Waals surface area contributed by atoms with Crippen molar-refractivity contribution in [1.29, 1.82) is 0 Å². The van der Waals surface area contributed by atoms with E-state index in [2.05, 4.69) is 15.9 Å². The number of halogens is 1. The van der Waals surface area contributed by atoms with Gasteiger partial charge in [0.2, 0.25) is 0 Å². The van der Waals surface area contributed by atoms with E-state index >= 15 is 0 Å². The van der Waals surface area contributed by atoms with Crippen LogP contribution in [0.2, 0.25) is 0 Å². The maximum atomic E-state index is 12.8. The fourth-order valence-corrected chi connectivity index (χ4v) is 3.05. The summed E-state index contributed by atoms with van der Waals surface area (Å²) in [5.74, 6) is -1.28. The largest absolute Gasteiger partial charge is 0.478 e. The van der Waals surface area contributed by atoms with Crippen LogP contribution in [0.3, 0.4) is 0 Å². The molecule has 5 heteroatoms. The molecule has 1 aromatic heterocycles. The van der Waals surface area contributed by atoms with Gasteiger partial charge in [-0.1, -0.05) is 40.2 Å². The Labute approximate surface area is 135 Å². The first-order valence-electron chi connectivity index (χ1n) is 6.64. The molecule has 3 aromatic rings. The molecule has 0 fully saturated rings. The Bertz CT molecular complexity index is 911. The van der Waals surface area contributed by atoms with Crippen LogP contribution in [0.1, 0.15) is 26.4 Å². The van der Waals surface area contributed by atoms with Gasteiger partial charge in [0, 0.05) is 21.1 Å². The minimum Gasteiger partial charge on any atom is -0.478 e. The summed E-state index contributed by atoms with van der Waals surface area (Å²) in [4.78, 5) is 24.3. The summed E-state index contributed by atoms with van der Waals surface area (Å²) in [6, 6.07) is 14.1. The van der Waals surface area contributed by atoms with Gasteiger partial charge in [-0.3, -0.25) is 9.36 Å². The van der Waals surface area contributed by atoms with Crippen molar-refractivity contribution in [2.24, 2.45) is 0 Å². The zero-order valence-electron chi connectivity index (χ0n) is 11.7. The fourth-order valence-electron chi connectivity index (χ4n) is 2.65. The molecule has 0 bridgehead atoms. The van der Waals surface area contributed by atoms with Crippen molar-refractivity contribution in [1.82, 2.24) is 4.57 Å². The van der Waals surface area contributed by atoms with E-state index in [1.807, 2.05) is 6.07 Å². The van der Waals surface area contributed by atoms with Crippen LogP contribution < -0.4 is 0 Å². The molecule has 2 aromatic carbocycles. The van der Waals surface area contributed by atoms with Crippen molar-refractivity contribution in [3.63, 3.8) is 0 Å². The fraction of sp³-hybridized carbons (Fsp3) is 0.0588. The van der Waals surface area contributed by atoms with E-state index in [9.17, 15) is 14.7 Å². The SMILES string of the molecule is Cc1c(C(=O)O)c2ccccc2n1C(=O)c1cccc(Br)c1. The molecule has 1 heterocycles. The number of fused-ring (bicyclic) bond motifs is 1. The van der Waals surface area contributed by atoms with Crippen molar-refractivity contribution >= 4 is 38.7 Å². The Morgan fingerprint density at radius 2 is 1.82 bits per heavy atom. The molecular weight excluding hydrogens is 346 g/mol. The normalized spacial score (nSPS) is 10.8. The molecule has 110 valence electrons. The third-order valence-electron chi connectivity index (χ3n) is 3.60. The zero-order valence-corrected chi connectivity index (χ0v) is 13.3. The lowest BCUT2D eigenvalue weighted by atomic mass is 10.1. The first-order valence-corrected chi connectivity index (χ1v) is 7.43. The number of aromatic nitrogens is 1. The molecule has 3 rings (SSSR count). The Hall–Kier alpha value is -2.40. The monoisotopic (exact) mass is 357 g/mol. The summed E-state index contributed by atoms with van der Waals surface area (Å²) in [6.45, 7) is 1.65. The Morgan fingerprint density at radius 3 is 2.50 bits per heavy atom. The number of nitrogens with zero attached hydrogens (tertiary/aromatic N) is 1. The highest BCUT2D eigenvalue weighted by Crippen LogP contribution is 2.27. The van der Waals surface area contributed by atoms with Crippen LogP contribution in [0, 0.1) is 6.92 Å². The molecule has 0 amide bonds. The van der Waals surface area contributed by atoms with E-state index in [0.717, 1.165) is 4.47 Å². The number of hydrogen-bond acceptors (Lipinski definition) is 2. The minimum atomic E-state index is -1.03. The number of benzene rings is 2. The smallest absolute Gasteiger partial charge is 0.338 e. The van der Waals surface area contributed by atoms with Crippen LogP contribution in [0.25, 0.3) is 10.9 Å². The second-order valence-corrected chi connectivity index (χ2v) is 5.85. The van der Waals surface area contributed by atoms with Gasteiger partial charge in [0.1, 0.15) is 0 Å². The van der Waals surface area contributed by atoms with Crippen LogP contribution in [-0.2, 0) is 0 Å². The Balaban J connectivity index is 2.29. The highest BCUT2D eigenvalue weighted by Gasteiger charge is 2.23. The number of rotatable bonds is 2. The van der Waals surface area contributed by atoms with Crippen molar-refractivity contribution in [3.8, 4) is 0 Å². The predicted octanol–water partition coefficient (Wildman–Crippen LogP) is 4.10. The van der Waals surface area contributed by atoms with E-state index in [0.29, 0.717) is 22.2 Å². The van der Waals surface area contributed by atoms with Gasteiger partial charge < -0.3 is 5.11 Å². The van der Waals surface area contributed by atoms with E-state index in [1.165, 1.54) is 4.57 Å². The van der Waals surface area contributed by atoms with Gasteiger partial charge in [0.15, 0.2) is 0 Å². The van der Waals surface area contributed by atoms with E-state index in [-0.39, 0.29) is 11.5 Å². The molecule has 0 aliphatic rings. The van der Waals surface area contributed by atoms with E-state index in [4.69, 9.17) is 0 Å². The van der Waals surface area contributed by atoms with Crippen molar-refractivity contribution in [3.05, 3.63) is 69.8 Å². The molecule has 4 nitrogen and oxygen atoms in total. The average Bonchev–Trinajstić information content (AvgIpc) is 2.78. The molecule has 22 heavy (non-hydrogen) atoms. The van der Waals surface area contributed by atoms with Gasteiger partial charge in [0.25, 0.3) is 5.91 Å². The second-order valence-electron chi connectivity index (χ2n) is 4.93. The molecule has 0 aliphatic carbocycles. The standard InChI is InChI=1S/C17H12BrNO3/c1-10-15(17(21)22)13-7-2-3-8-14(13)19(10)16(20)11-5-4-6-12(18)9-11/h2-9H,1H3,(H,21,22). The van der Waals surface area contributed by atoms with Gasteiger partial charge in [-0.2, -0.15) is 0 Å². The summed E-state index contributed by atoms with van der Waals surface area (Å²) in [7, 11) is 0.